The molecule has 2 aromatic rings. The topological polar surface area (TPSA) is 80.0 Å². The Morgan fingerprint density at radius 1 is 1.21 bits per heavy atom. The second-order valence-corrected chi connectivity index (χ2v) is 6.22. The largest absolute Gasteiger partial charge is 0.368 e. The van der Waals surface area contributed by atoms with Gasteiger partial charge >= 0.3 is 0 Å². The highest BCUT2D eigenvalue weighted by molar-refractivity contribution is 5.33. The predicted octanol–water partition coefficient (Wildman–Crippen LogP) is 1.97. The maximum atomic E-state index is 14.2. The molecule has 1 fully saturated rings. The van der Waals surface area contributed by atoms with Crippen LogP contribution in [0.5, 0.6) is 0 Å². The van der Waals surface area contributed by atoms with Crippen LogP contribution in [0.15, 0.2) is 18.2 Å². The van der Waals surface area contributed by atoms with Gasteiger partial charge in [0, 0.05) is 31.3 Å². The van der Waals surface area contributed by atoms with Crippen LogP contribution in [-0.2, 0) is 12.1 Å². The average Bonchev–Trinajstić information content (AvgIpc) is 2.47. The first-order valence-electron chi connectivity index (χ1n) is 7.78. The Kier molecular flexibility index (Phi) is 4.31. The number of hydrogen-bond donors (Lipinski definition) is 2. The van der Waals surface area contributed by atoms with Crippen molar-refractivity contribution in [2.24, 2.45) is 0 Å². The van der Waals surface area contributed by atoms with E-state index in [9.17, 15) is 8.78 Å². The van der Waals surface area contributed by atoms with E-state index in [2.05, 4.69) is 20.3 Å². The minimum absolute atomic E-state index is 0.140. The number of halogens is 2. The van der Waals surface area contributed by atoms with E-state index in [1.54, 1.807) is 4.90 Å². The highest BCUT2D eigenvalue weighted by Gasteiger charge is 2.40. The minimum atomic E-state index is -0.577. The zero-order valence-electron chi connectivity index (χ0n) is 13.7. The number of anilines is 2. The average molecular weight is 334 g/mol. The van der Waals surface area contributed by atoms with Crippen molar-refractivity contribution in [2.45, 2.75) is 31.3 Å². The molecule has 1 aliphatic rings. The van der Waals surface area contributed by atoms with Crippen LogP contribution in [-0.4, -0.2) is 29.0 Å². The van der Waals surface area contributed by atoms with Gasteiger partial charge in [0.25, 0.3) is 0 Å². The van der Waals surface area contributed by atoms with Crippen molar-refractivity contribution in [3.8, 4) is 0 Å². The quantitative estimate of drug-likeness (QED) is 0.870. The van der Waals surface area contributed by atoms with Crippen LogP contribution in [0.1, 0.15) is 30.7 Å². The van der Waals surface area contributed by atoms with E-state index in [0.29, 0.717) is 23.9 Å². The Bertz CT molecular complexity index is 745. The molecule has 6 nitrogen and oxygen atoms in total. The molecule has 0 unspecified atom stereocenters. The summed E-state index contributed by atoms with van der Waals surface area (Å²) in [7, 11) is 3.63. The summed E-state index contributed by atoms with van der Waals surface area (Å²) < 4.78 is 27.3. The van der Waals surface area contributed by atoms with Gasteiger partial charge in [-0.05, 0) is 25.3 Å². The fraction of sp³-hybridized carbons (Fsp3) is 0.438. The lowest BCUT2D eigenvalue weighted by Gasteiger charge is -2.43. The molecule has 0 atom stereocenters. The highest BCUT2D eigenvalue weighted by Crippen LogP contribution is 2.42. The molecule has 1 saturated carbocycles. The van der Waals surface area contributed by atoms with Gasteiger partial charge in [-0.25, -0.2) is 8.78 Å². The summed E-state index contributed by atoms with van der Waals surface area (Å²) >= 11 is 0. The SMILES string of the molecule is CN(C)c1nc(N)nc(CNC2(c3ccc(F)cc3F)CCC2)n1. The molecule has 0 saturated heterocycles. The number of nitrogens with zero attached hydrogens (tertiary/aromatic N) is 4. The lowest BCUT2D eigenvalue weighted by molar-refractivity contribution is 0.175. The number of nitrogen functional groups attached to an aromatic ring is 1. The van der Waals surface area contributed by atoms with Crippen LogP contribution in [0, 0.1) is 11.6 Å². The molecule has 1 heterocycles. The molecule has 0 amide bonds. The zero-order valence-corrected chi connectivity index (χ0v) is 13.7. The second kappa shape index (κ2) is 6.27. The third kappa shape index (κ3) is 3.14. The van der Waals surface area contributed by atoms with E-state index in [-0.39, 0.29) is 5.95 Å². The molecule has 1 aromatic carbocycles. The summed E-state index contributed by atoms with van der Waals surface area (Å²) in [6.45, 7) is 0.324. The van der Waals surface area contributed by atoms with Crippen LogP contribution < -0.4 is 16.0 Å². The lowest BCUT2D eigenvalue weighted by Crippen LogP contribution is -2.48. The Balaban J connectivity index is 1.82. The van der Waals surface area contributed by atoms with Gasteiger partial charge in [-0.3, -0.25) is 0 Å². The normalized spacial score (nSPS) is 15.8. The van der Waals surface area contributed by atoms with Crippen LogP contribution in [0.3, 0.4) is 0 Å². The van der Waals surface area contributed by atoms with Gasteiger partial charge in [0.05, 0.1) is 6.54 Å². The monoisotopic (exact) mass is 334 g/mol. The molecule has 0 aliphatic heterocycles. The first-order valence-corrected chi connectivity index (χ1v) is 7.78. The second-order valence-electron chi connectivity index (χ2n) is 6.22. The Labute approximate surface area is 139 Å². The fourth-order valence-corrected chi connectivity index (χ4v) is 2.90. The maximum Gasteiger partial charge on any atom is 0.229 e. The van der Waals surface area contributed by atoms with Crippen molar-refractivity contribution >= 4 is 11.9 Å². The number of rotatable bonds is 5. The Hall–Kier alpha value is -2.35. The van der Waals surface area contributed by atoms with Crippen LogP contribution >= 0.6 is 0 Å². The highest BCUT2D eigenvalue weighted by atomic mass is 19.1. The molecule has 0 radical (unpaired) electrons. The Morgan fingerprint density at radius 2 is 1.96 bits per heavy atom. The minimum Gasteiger partial charge on any atom is -0.368 e. The van der Waals surface area contributed by atoms with Crippen molar-refractivity contribution < 1.29 is 8.78 Å². The fourth-order valence-electron chi connectivity index (χ4n) is 2.90. The number of nitrogens with two attached hydrogens (primary N) is 1. The van der Waals surface area contributed by atoms with Gasteiger partial charge in [-0.15, -0.1) is 0 Å². The number of benzene rings is 1. The summed E-state index contributed by atoms with van der Waals surface area (Å²) in [4.78, 5) is 14.2. The van der Waals surface area contributed by atoms with Crippen molar-refractivity contribution in [3.05, 3.63) is 41.2 Å². The third-order valence-corrected chi connectivity index (χ3v) is 4.33. The van der Waals surface area contributed by atoms with E-state index in [1.165, 1.54) is 12.1 Å². The molecule has 1 aliphatic carbocycles. The molecule has 128 valence electrons. The van der Waals surface area contributed by atoms with E-state index >= 15 is 0 Å². The van der Waals surface area contributed by atoms with E-state index in [1.807, 2.05) is 14.1 Å². The van der Waals surface area contributed by atoms with Gasteiger partial charge in [-0.2, -0.15) is 15.0 Å². The van der Waals surface area contributed by atoms with E-state index in [0.717, 1.165) is 25.3 Å². The summed E-state index contributed by atoms with van der Waals surface area (Å²) in [6.07, 6.45) is 2.53. The van der Waals surface area contributed by atoms with Gasteiger partial charge in [-0.1, -0.05) is 6.07 Å². The molecule has 0 spiro atoms. The number of hydrogen-bond acceptors (Lipinski definition) is 6. The van der Waals surface area contributed by atoms with Crippen LogP contribution in [0.2, 0.25) is 0 Å². The van der Waals surface area contributed by atoms with Gasteiger partial charge < -0.3 is 16.0 Å². The number of aromatic nitrogens is 3. The summed E-state index contributed by atoms with van der Waals surface area (Å²) in [5.41, 5.74) is 5.68. The first-order chi connectivity index (χ1) is 11.4. The molecule has 1 aromatic heterocycles. The van der Waals surface area contributed by atoms with Gasteiger partial charge in [0.15, 0.2) is 0 Å². The molecular formula is C16H20F2N6. The zero-order chi connectivity index (χ0) is 17.3. The summed E-state index contributed by atoms with van der Waals surface area (Å²) in [5, 5.41) is 3.33. The van der Waals surface area contributed by atoms with Gasteiger partial charge in [0.2, 0.25) is 11.9 Å². The lowest BCUT2D eigenvalue weighted by atomic mass is 9.71. The Morgan fingerprint density at radius 3 is 2.54 bits per heavy atom. The molecule has 0 bridgehead atoms. The summed E-state index contributed by atoms with van der Waals surface area (Å²) in [6, 6.07) is 3.71. The molecule has 3 rings (SSSR count). The van der Waals surface area contributed by atoms with Gasteiger partial charge in [0.1, 0.15) is 17.5 Å². The van der Waals surface area contributed by atoms with Crippen molar-refractivity contribution in [2.75, 3.05) is 24.7 Å². The smallest absolute Gasteiger partial charge is 0.229 e. The molecular weight excluding hydrogens is 314 g/mol. The van der Waals surface area contributed by atoms with Crippen LogP contribution in [0.25, 0.3) is 0 Å². The summed E-state index contributed by atoms with van der Waals surface area (Å²) in [5.74, 6) is -0.0195. The molecule has 24 heavy (non-hydrogen) atoms. The van der Waals surface area contributed by atoms with Crippen molar-refractivity contribution in [3.63, 3.8) is 0 Å². The molecule has 3 N–H and O–H groups in total. The van der Waals surface area contributed by atoms with E-state index < -0.39 is 17.2 Å². The van der Waals surface area contributed by atoms with Crippen molar-refractivity contribution in [1.29, 1.82) is 0 Å². The van der Waals surface area contributed by atoms with Crippen molar-refractivity contribution in [1.82, 2.24) is 20.3 Å². The molecule has 8 heteroatoms. The van der Waals surface area contributed by atoms with E-state index in [4.69, 9.17) is 5.73 Å². The standard InChI is InChI=1S/C16H20F2N6/c1-24(2)15-22-13(21-14(19)23-15)9-20-16(6-3-7-16)11-5-4-10(17)8-12(11)18/h4-5,8,20H,3,6-7,9H2,1-2H3,(H2,19,21,22,23). The number of nitrogens with one attached hydrogen (secondary N) is 1. The maximum absolute atomic E-state index is 14.2. The predicted molar refractivity (Wildman–Crippen MR) is 87.3 cm³/mol. The van der Waals surface area contributed by atoms with Crippen LogP contribution in [0.4, 0.5) is 20.7 Å². The third-order valence-electron chi connectivity index (χ3n) is 4.33. The first kappa shape index (κ1) is 16.5.